The Morgan fingerprint density at radius 2 is 1.67 bits per heavy atom. The van der Waals surface area contributed by atoms with Crippen LogP contribution in [0.2, 0.25) is 0 Å². The summed E-state index contributed by atoms with van der Waals surface area (Å²) in [6.45, 7) is 1.19. The van der Waals surface area contributed by atoms with E-state index in [4.69, 9.17) is 0 Å². The lowest BCUT2D eigenvalue weighted by atomic mass is 10.0. The van der Waals surface area contributed by atoms with Crippen LogP contribution in [0.3, 0.4) is 0 Å². The second-order valence-corrected chi connectivity index (χ2v) is 9.63. The molecular formula is C20H23BrN4O4S. The predicted octanol–water partition coefficient (Wildman–Crippen LogP) is 1.95. The van der Waals surface area contributed by atoms with E-state index in [1.165, 1.54) is 11.4 Å². The van der Waals surface area contributed by atoms with Crippen molar-refractivity contribution in [3.05, 3.63) is 64.6 Å². The van der Waals surface area contributed by atoms with E-state index >= 15 is 0 Å². The number of nitrogens with zero attached hydrogens (tertiary/aromatic N) is 2. The Bertz CT molecular complexity index is 1010. The summed E-state index contributed by atoms with van der Waals surface area (Å²) in [5.41, 5.74) is 0.738. The lowest BCUT2D eigenvalue weighted by Gasteiger charge is -2.38. The molecule has 0 saturated carbocycles. The van der Waals surface area contributed by atoms with Crippen LogP contribution in [0.1, 0.15) is 11.6 Å². The molecule has 2 aromatic rings. The van der Waals surface area contributed by atoms with Gasteiger partial charge in [-0.2, -0.15) is 4.31 Å². The van der Waals surface area contributed by atoms with Gasteiger partial charge in [-0.25, -0.2) is 13.2 Å². The van der Waals surface area contributed by atoms with Crippen LogP contribution in [0, 0.1) is 0 Å². The van der Waals surface area contributed by atoms with Crippen molar-refractivity contribution in [2.24, 2.45) is 0 Å². The molecule has 1 saturated heterocycles. The molecule has 0 radical (unpaired) electrons. The topological polar surface area (TPSA) is 98.8 Å². The van der Waals surface area contributed by atoms with E-state index in [0.717, 1.165) is 5.56 Å². The molecule has 1 heterocycles. The summed E-state index contributed by atoms with van der Waals surface area (Å²) in [6.07, 6.45) is 0. The number of carbonyl (C=O) groups is 2. The average molecular weight is 495 g/mol. The first-order valence-corrected chi connectivity index (χ1v) is 11.6. The van der Waals surface area contributed by atoms with E-state index < -0.39 is 28.0 Å². The molecule has 0 bridgehead atoms. The molecule has 0 spiro atoms. The van der Waals surface area contributed by atoms with Gasteiger partial charge in [-0.3, -0.25) is 15.0 Å². The largest absolute Gasteiger partial charge is 0.341 e. The Balaban J connectivity index is 1.77. The minimum atomic E-state index is -3.63. The maximum absolute atomic E-state index is 13.0. The smallest absolute Gasteiger partial charge is 0.321 e. The Labute approximate surface area is 184 Å². The number of halogens is 1. The van der Waals surface area contributed by atoms with E-state index in [1.807, 2.05) is 35.2 Å². The molecule has 1 unspecified atom stereocenters. The summed E-state index contributed by atoms with van der Waals surface area (Å²) in [7, 11) is -2.19. The number of amides is 3. The van der Waals surface area contributed by atoms with Gasteiger partial charge in [0, 0.05) is 37.7 Å². The normalized spacial score (nSPS) is 16.6. The first-order chi connectivity index (χ1) is 14.3. The molecule has 2 aromatic carbocycles. The quantitative estimate of drug-likeness (QED) is 0.661. The monoisotopic (exact) mass is 494 g/mol. The van der Waals surface area contributed by atoms with Crippen molar-refractivity contribution in [2.75, 3.05) is 33.2 Å². The van der Waals surface area contributed by atoms with E-state index in [9.17, 15) is 18.0 Å². The number of carbonyl (C=O) groups excluding carboxylic acids is 2. The molecule has 1 atom stereocenters. The number of hydrogen-bond donors (Lipinski definition) is 2. The lowest BCUT2D eigenvalue weighted by molar-refractivity contribution is -0.126. The lowest BCUT2D eigenvalue weighted by Crippen LogP contribution is -2.53. The van der Waals surface area contributed by atoms with Gasteiger partial charge in [0.1, 0.15) is 6.04 Å². The standard InChI is InChI=1S/C20H23BrN4O4S/c1-22-20(27)23-19(26)18(15-6-3-2-4-7-15)24-10-12-25(13-11-24)30(28,29)17-9-5-8-16(21)14-17/h2-9,14,18H,10-13H2,1H3,(H2,22,23,26,27). The van der Waals surface area contributed by atoms with Crippen LogP contribution in [0.5, 0.6) is 0 Å². The van der Waals surface area contributed by atoms with Crippen molar-refractivity contribution >= 4 is 37.9 Å². The Hall–Kier alpha value is -2.27. The maximum atomic E-state index is 13.0. The molecule has 3 rings (SSSR count). The molecule has 1 fully saturated rings. The van der Waals surface area contributed by atoms with Gasteiger partial charge in [-0.1, -0.05) is 52.3 Å². The van der Waals surface area contributed by atoms with Gasteiger partial charge < -0.3 is 5.32 Å². The van der Waals surface area contributed by atoms with Crippen LogP contribution >= 0.6 is 15.9 Å². The summed E-state index contributed by atoms with van der Waals surface area (Å²) in [5.74, 6) is -0.455. The van der Waals surface area contributed by atoms with Gasteiger partial charge >= 0.3 is 6.03 Å². The fraction of sp³-hybridized carbons (Fsp3) is 0.300. The summed E-state index contributed by atoms with van der Waals surface area (Å²) in [4.78, 5) is 26.6. The zero-order chi connectivity index (χ0) is 21.7. The highest BCUT2D eigenvalue weighted by Gasteiger charge is 2.34. The Kier molecular flexibility index (Phi) is 7.24. The van der Waals surface area contributed by atoms with Crippen LogP contribution < -0.4 is 10.6 Å². The van der Waals surface area contributed by atoms with Gasteiger partial charge in [0.15, 0.2) is 0 Å². The first kappa shape index (κ1) is 22.4. The van der Waals surface area contributed by atoms with Gasteiger partial charge in [0.25, 0.3) is 0 Å². The van der Waals surface area contributed by atoms with Gasteiger partial charge in [-0.05, 0) is 23.8 Å². The molecule has 2 N–H and O–H groups in total. The van der Waals surface area contributed by atoms with Crippen LogP contribution in [0.25, 0.3) is 0 Å². The summed E-state index contributed by atoms with van der Waals surface area (Å²) in [6, 6.07) is 14.4. The molecule has 10 heteroatoms. The Morgan fingerprint density at radius 3 is 2.27 bits per heavy atom. The minimum absolute atomic E-state index is 0.224. The van der Waals surface area contributed by atoms with Crippen LogP contribution in [-0.4, -0.2) is 62.8 Å². The number of benzene rings is 2. The number of hydrogen-bond acceptors (Lipinski definition) is 5. The molecule has 3 amide bonds. The second kappa shape index (κ2) is 9.69. The number of imide groups is 1. The third-order valence-electron chi connectivity index (χ3n) is 4.90. The highest BCUT2D eigenvalue weighted by atomic mass is 79.9. The summed E-state index contributed by atoms with van der Waals surface area (Å²) in [5, 5.41) is 4.71. The molecule has 0 aliphatic carbocycles. The van der Waals surface area contributed by atoms with Crippen molar-refractivity contribution in [3.63, 3.8) is 0 Å². The third-order valence-corrected chi connectivity index (χ3v) is 7.29. The zero-order valence-corrected chi connectivity index (χ0v) is 18.8. The van der Waals surface area contributed by atoms with Crippen molar-refractivity contribution in [3.8, 4) is 0 Å². The van der Waals surface area contributed by atoms with Gasteiger partial charge in [0.2, 0.25) is 15.9 Å². The van der Waals surface area contributed by atoms with Gasteiger partial charge in [0.05, 0.1) is 4.90 Å². The maximum Gasteiger partial charge on any atom is 0.321 e. The van der Waals surface area contributed by atoms with E-state index in [1.54, 1.807) is 24.3 Å². The molecule has 1 aliphatic rings. The third kappa shape index (κ3) is 5.07. The Morgan fingerprint density at radius 1 is 1.00 bits per heavy atom. The number of piperazine rings is 1. The van der Waals surface area contributed by atoms with Crippen LogP contribution in [0.15, 0.2) is 64.0 Å². The zero-order valence-electron chi connectivity index (χ0n) is 16.4. The molecule has 1 aliphatic heterocycles. The number of nitrogens with one attached hydrogen (secondary N) is 2. The van der Waals surface area contributed by atoms with E-state index in [-0.39, 0.29) is 18.0 Å². The van der Waals surface area contributed by atoms with Crippen molar-refractivity contribution in [1.29, 1.82) is 0 Å². The fourth-order valence-electron chi connectivity index (χ4n) is 3.38. The van der Waals surface area contributed by atoms with Gasteiger partial charge in [-0.15, -0.1) is 0 Å². The highest BCUT2D eigenvalue weighted by molar-refractivity contribution is 9.10. The van der Waals surface area contributed by atoms with Crippen LogP contribution in [-0.2, 0) is 14.8 Å². The van der Waals surface area contributed by atoms with Crippen molar-refractivity contribution in [1.82, 2.24) is 19.8 Å². The predicted molar refractivity (Wildman–Crippen MR) is 116 cm³/mol. The van der Waals surface area contributed by atoms with Crippen molar-refractivity contribution < 1.29 is 18.0 Å². The van der Waals surface area contributed by atoms with Crippen LogP contribution in [0.4, 0.5) is 4.79 Å². The molecule has 0 aromatic heterocycles. The molecule has 160 valence electrons. The first-order valence-electron chi connectivity index (χ1n) is 9.40. The number of sulfonamides is 1. The fourth-order valence-corrected chi connectivity index (χ4v) is 5.40. The van der Waals surface area contributed by atoms with Crippen molar-refractivity contribution in [2.45, 2.75) is 10.9 Å². The molecule has 30 heavy (non-hydrogen) atoms. The SMILES string of the molecule is CNC(=O)NC(=O)C(c1ccccc1)N1CCN(S(=O)(=O)c2cccc(Br)c2)CC1. The second-order valence-electron chi connectivity index (χ2n) is 6.78. The summed E-state index contributed by atoms with van der Waals surface area (Å²) < 4.78 is 28.0. The number of rotatable bonds is 5. The van der Waals surface area contributed by atoms with E-state index in [2.05, 4.69) is 26.6 Å². The molecule has 8 nitrogen and oxygen atoms in total. The molecular weight excluding hydrogens is 472 g/mol. The highest BCUT2D eigenvalue weighted by Crippen LogP contribution is 2.26. The minimum Gasteiger partial charge on any atom is -0.341 e. The summed E-state index contributed by atoms with van der Waals surface area (Å²) >= 11 is 3.31. The van der Waals surface area contributed by atoms with E-state index in [0.29, 0.717) is 17.6 Å². The number of urea groups is 1. The average Bonchev–Trinajstić information content (AvgIpc) is 2.75.